The Labute approximate surface area is 244 Å². The number of nitrogens with zero attached hydrogens (tertiary/aromatic N) is 1. The number of rotatable bonds is 9. The molecule has 1 aliphatic heterocycles. The number of aryl methyl sites for hydroxylation is 1. The van der Waals surface area contributed by atoms with Crippen molar-refractivity contribution in [2.45, 2.75) is 77.2 Å². The van der Waals surface area contributed by atoms with Crippen LogP contribution in [0.3, 0.4) is 0 Å². The van der Waals surface area contributed by atoms with Crippen molar-refractivity contribution in [3.05, 3.63) is 70.3 Å². The highest BCUT2D eigenvalue weighted by Gasteiger charge is 2.44. The molecule has 5 rings (SSSR count). The van der Waals surface area contributed by atoms with E-state index in [-0.39, 0.29) is 23.2 Å². The number of ether oxygens (including phenoxy) is 2. The van der Waals surface area contributed by atoms with Crippen molar-refractivity contribution in [3.8, 4) is 5.75 Å². The first kappa shape index (κ1) is 29.0. The van der Waals surface area contributed by atoms with Crippen LogP contribution in [0.25, 0.3) is 0 Å². The fourth-order valence-corrected chi connectivity index (χ4v) is 6.86. The molecule has 2 aromatic carbocycles. The first-order valence-electron chi connectivity index (χ1n) is 15.1. The lowest BCUT2D eigenvalue weighted by Crippen LogP contribution is -2.49. The molecule has 216 valence electrons. The van der Waals surface area contributed by atoms with Crippen LogP contribution in [0.4, 0.5) is 5.69 Å². The van der Waals surface area contributed by atoms with E-state index in [2.05, 4.69) is 30.0 Å². The van der Waals surface area contributed by atoms with Crippen LogP contribution < -0.4 is 9.64 Å². The second-order valence-corrected chi connectivity index (χ2v) is 12.9. The summed E-state index contributed by atoms with van der Waals surface area (Å²) in [7, 11) is 0. The van der Waals surface area contributed by atoms with E-state index in [9.17, 15) is 9.90 Å². The van der Waals surface area contributed by atoms with E-state index >= 15 is 0 Å². The van der Waals surface area contributed by atoms with Gasteiger partial charge in [0.05, 0.1) is 30.6 Å². The lowest BCUT2D eigenvalue weighted by Gasteiger charge is -2.45. The average molecular weight is 566 g/mol. The summed E-state index contributed by atoms with van der Waals surface area (Å²) in [5.74, 6) is 1.39. The third-order valence-electron chi connectivity index (χ3n) is 8.98. The maximum Gasteiger partial charge on any atom is 0.338 e. The molecule has 2 aliphatic carbocycles. The zero-order chi connectivity index (χ0) is 28.3. The molecule has 0 amide bonds. The van der Waals surface area contributed by atoms with Crippen LogP contribution in [-0.2, 0) is 16.6 Å². The molecular formula is C34H44ClNO4. The predicted molar refractivity (Wildman–Crippen MR) is 162 cm³/mol. The van der Waals surface area contributed by atoms with Crippen LogP contribution in [0.1, 0.15) is 80.8 Å². The van der Waals surface area contributed by atoms with Crippen LogP contribution in [0.5, 0.6) is 5.75 Å². The summed E-state index contributed by atoms with van der Waals surface area (Å²) in [6, 6.07) is 12.0. The maximum absolute atomic E-state index is 12.9. The first-order chi connectivity index (χ1) is 19.3. The highest BCUT2D eigenvalue weighted by atomic mass is 35.5. The number of halogens is 1. The van der Waals surface area contributed by atoms with E-state index in [1.165, 1.54) is 11.1 Å². The van der Waals surface area contributed by atoms with Gasteiger partial charge in [0.15, 0.2) is 0 Å². The summed E-state index contributed by atoms with van der Waals surface area (Å²) in [5, 5.41) is 11.7. The number of anilines is 1. The van der Waals surface area contributed by atoms with Gasteiger partial charge in [0.1, 0.15) is 5.75 Å². The zero-order valence-electron chi connectivity index (χ0n) is 24.2. The van der Waals surface area contributed by atoms with E-state index in [0.717, 1.165) is 74.5 Å². The van der Waals surface area contributed by atoms with Crippen molar-refractivity contribution in [1.29, 1.82) is 0 Å². The molecule has 0 bridgehead atoms. The number of allylic oxidation sites excluding steroid dienone is 1. The number of benzene rings is 2. The fourth-order valence-electron chi connectivity index (χ4n) is 6.67. The van der Waals surface area contributed by atoms with Gasteiger partial charge in [-0.1, -0.05) is 57.0 Å². The summed E-state index contributed by atoms with van der Waals surface area (Å²) in [5.41, 5.74) is 3.95. The molecule has 1 N–H and O–H groups in total. The molecule has 1 spiro atoms. The molecule has 0 saturated heterocycles. The van der Waals surface area contributed by atoms with E-state index in [1.54, 1.807) is 0 Å². The topological polar surface area (TPSA) is 59.0 Å². The summed E-state index contributed by atoms with van der Waals surface area (Å²) in [4.78, 5) is 15.4. The van der Waals surface area contributed by atoms with Crippen LogP contribution in [-0.4, -0.2) is 43.5 Å². The van der Waals surface area contributed by atoms with Gasteiger partial charge in [-0.2, -0.15) is 0 Å². The molecule has 4 atom stereocenters. The van der Waals surface area contributed by atoms with Crippen LogP contribution in [0.15, 0.2) is 48.6 Å². The predicted octanol–water partition coefficient (Wildman–Crippen LogP) is 7.37. The van der Waals surface area contributed by atoms with E-state index in [1.807, 2.05) is 44.2 Å². The second kappa shape index (κ2) is 12.6. The third-order valence-corrected chi connectivity index (χ3v) is 9.21. The monoisotopic (exact) mass is 565 g/mol. The summed E-state index contributed by atoms with van der Waals surface area (Å²) >= 11 is 6.40. The molecule has 0 aromatic heterocycles. The van der Waals surface area contributed by atoms with Crippen LogP contribution >= 0.6 is 11.6 Å². The molecule has 40 heavy (non-hydrogen) atoms. The molecule has 5 nitrogen and oxygen atoms in total. The van der Waals surface area contributed by atoms with Crippen molar-refractivity contribution in [2.24, 2.45) is 17.8 Å². The number of aliphatic hydroxyl groups excluding tert-OH is 1. The minimum atomic E-state index is -0.420. The van der Waals surface area contributed by atoms with Gasteiger partial charge in [-0.3, -0.25) is 0 Å². The Morgan fingerprint density at radius 3 is 2.85 bits per heavy atom. The number of fused-ring (bicyclic) bond motifs is 3. The van der Waals surface area contributed by atoms with Crippen LogP contribution in [0, 0.1) is 17.8 Å². The largest absolute Gasteiger partial charge is 0.490 e. The van der Waals surface area contributed by atoms with Crippen molar-refractivity contribution in [3.63, 3.8) is 0 Å². The van der Waals surface area contributed by atoms with Crippen molar-refractivity contribution >= 4 is 23.3 Å². The Morgan fingerprint density at radius 2 is 2.10 bits per heavy atom. The number of aliphatic hydroxyl groups is 1. The fraction of sp³-hybridized carbons (Fsp3) is 0.559. The quantitative estimate of drug-likeness (QED) is 0.254. The van der Waals surface area contributed by atoms with Gasteiger partial charge in [-0.05, 0) is 97.7 Å². The van der Waals surface area contributed by atoms with Crippen molar-refractivity contribution in [1.82, 2.24) is 0 Å². The van der Waals surface area contributed by atoms with Gasteiger partial charge in [-0.25, -0.2) is 4.79 Å². The number of hydrogen-bond donors (Lipinski definition) is 1. The average Bonchev–Trinajstić information content (AvgIpc) is 3.06. The van der Waals surface area contributed by atoms with Crippen LogP contribution in [0.2, 0.25) is 5.02 Å². The Bertz CT molecular complexity index is 1230. The molecule has 1 unspecified atom stereocenters. The lowest BCUT2D eigenvalue weighted by molar-refractivity contribution is 0.0456. The van der Waals surface area contributed by atoms with Gasteiger partial charge in [0.25, 0.3) is 0 Å². The summed E-state index contributed by atoms with van der Waals surface area (Å²) in [6.07, 6.45) is 11.0. The Kier molecular flexibility index (Phi) is 9.11. The van der Waals surface area contributed by atoms with Gasteiger partial charge in [0, 0.05) is 23.5 Å². The van der Waals surface area contributed by atoms with E-state index < -0.39 is 6.10 Å². The van der Waals surface area contributed by atoms with Gasteiger partial charge < -0.3 is 19.5 Å². The normalized spacial score (nSPS) is 24.7. The molecule has 1 heterocycles. The highest BCUT2D eigenvalue weighted by Crippen LogP contribution is 2.46. The Hall–Kier alpha value is -2.50. The number of unbranched alkanes of at least 4 members (excludes halogenated alkanes) is 1. The molecule has 0 radical (unpaired) electrons. The SMILES string of the molecule is CCC/C=C/[C@@H](O)[C@@H]1CC[C@H]1CN1CC2(CCCc3cc(Cl)ccc32)COc2ccc(C(=O)OCC(C)C)cc21. The molecule has 1 saturated carbocycles. The zero-order valence-corrected chi connectivity index (χ0v) is 25.0. The number of carbonyl (C=O) groups is 1. The minimum Gasteiger partial charge on any atom is -0.490 e. The molecule has 1 fully saturated rings. The lowest BCUT2D eigenvalue weighted by atomic mass is 9.68. The first-order valence-corrected chi connectivity index (χ1v) is 15.5. The second-order valence-electron chi connectivity index (χ2n) is 12.5. The summed E-state index contributed by atoms with van der Waals surface area (Å²) < 4.78 is 12.1. The van der Waals surface area contributed by atoms with Gasteiger partial charge in [0.2, 0.25) is 0 Å². The number of esters is 1. The van der Waals surface area contributed by atoms with E-state index in [4.69, 9.17) is 21.1 Å². The smallest absolute Gasteiger partial charge is 0.338 e. The Balaban J connectivity index is 1.47. The van der Waals surface area contributed by atoms with Gasteiger partial charge >= 0.3 is 5.97 Å². The van der Waals surface area contributed by atoms with Crippen molar-refractivity contribution < 1.29 is 19.4 Å². The van der Waals surface area contributed by atoms with E-state index in [0.29, 0.717) is 24.7 Å². The molecular weight excluding hydrogens is 522 g/mol. The maximum atomic E-state index is 12.9. The highest BCUT2D eigenvalue weighted by molar-refractivity contribution is 6.30. The molecule has 6 heteroatoms. The summed E-state index contributed by atoms with van der Waals surface area (Å²) in [6.45, 7) is 8.82. The third kappa shape index (κ3) is 6.21. The standard InChI is InChI=1S/C34H44ClNO4/c1-4-5-6-9-31(37)28-13-10-26(28)19-36-21-34(16-7-8-24-17-27(35)12-14-29(24)34)22-40-32-15-11-25(18-30(32)36)33(38)39-20-23(2)3/h6,9,11-12,14-15,17-18,23,26,28,31,37H,4-5,7-8,10,13,16,19-22H2,1-3H3/b9-6+/t26-,28+,31+,34?/m0/s1. The van der Waals surface area contributed by atoms with Gasteiger partial charge in [-0.15, -0.1) is 0 Å². The number of hydrogen-bond acceptors (Lipinski definition) is 5. The Morgan fingerprint density at radius 1 is 1.25 bits per heavy atom. The molecule has 2 aromatic rings. The molecule has 3 aliphatic rings. The number of carbonyl (C=O) groups excluding carboxylic acids is 1. The van der Waals surface area contributed by atoms with Crippen molar-refractivity contribution in [2.75, 3.05) is 31.2 Å². The minimum absolute atomic E-state index is 0.172.